The summed E-state index contributed by atoms with van der Waals surface area (Å²) in [5.74, 6) is -0.246. The normalized spacial score (nSPS) is 10.1. The van der Waals surface area contributed by atoms with Gasteiger partial charge in [-0.15, -0.1) is 0 Å². The van der Waals surface area contributed by atoms with Crippen LogP contribution in [0.2, 0.25) is 0 Å². The van der Waals surface area contributed by atoms with E-state index in [1.165, 1.54) is 36.5 Å². The van der Waals surface area contributed by atoms with Crippen molar-refractivity contribution in [2.45, 2.75) is 5.16 Å². The van der Waals surface area contributed by atoms with Crippen LogP contribution in [0.4, 0.5) is 11.4 Å². The van der Waals surface area contributed by atoms with Gasteiger partial charge in [0, 0.05) is 30.1 Å². The summed E-state index contributed by atoms with van der Waals surface area (Å²) in [6, 6.07) is 6.78. The third-order valence-corrected chi connectivity index (χ3v) is 3.24. The summed E-state index contributed by atoms with van der Waals surface area (Å²) in [6.45, 7) is 0. The number of hydrogen-bond donors (Lipinski definition) is 2. The van der Waals surface area contributed by atoms with Crippen LogP contribution in [0.25, 0.3) is 0 Å². The van der Waals surface area contributed by atoms with Crippen molar-refractivity contribution in [3.63, 3.8) is 0 Å². The number of anilines is 1. The van der Waals surface area contributed by atoms with Gasteiger partial charge in [0.2, 0.25) is 5.91 Å². The number of carbonyl (C=O) groups excluding carboxylic acids is 1. The molecule has 0 bridgehead atoms. The molecule has 0 unspecified atom stereocenters. The van der Waals surface area contributed by atoms with Crippen LogP contribution in [0, 0.1) is 10.1 Å². The smallest absolute Gasteiger partial charge is 0.269 e. The summed E-state index contributed by atoms with van der Waals surface area (Å²) in [6.07, 6.45) is 1.36. The molecule has 0 aliphatic rings. The Morgan fingerprint density at radius 2 is 2.05 bits per heavy atom. The van der Waals surface area contributed by atoms with E-state index in [4.69, 9.17) is 0 Å². The number of aromatic amines is 1. The molecule has 108 valence electrons. The molecular weight excluding hydrogens is 296 g/mol. The first-order chi connectivity index (χ1) is 10.0. The van der Waals surface area contributed by atoms with Crippen molar-refractivity contribution in [2.24, 2.45) is 0 Å². The summed E-state index contributed by atoms with van der Waals surface area (Å²) in [7, 11) is 0. The molecule has 2 N–H and O–H groups in total. The van der Waals surface area contributed by atoms with Crippen molar-refractivity contribution >= 4 is 29.0 Å². The number of nitrogens with zero attached hydrogens (tertiary/aromatic N) is 2. The Morgan fingerprint density at radius 3 is 2.67 bits per heavy atom. The van der Waals surface area contributed by atoms with Gasteiger partial charge in [-0.2, -0.15) is 0 Å². The van der Waals surface area contributed by atoms with Gasteiger partial charge in [-0.1, -0.05) is 11.8 Å². The number of rotatable bonds is 5. The van der Waals surface area contributed by atoms with Crippen LogP contribution in [0.3, 0.4) is 0 Å². The number of nitrogens with one attached hydrogen (secondary N) is 2. The second-order valence-electron chi connectivity index (χ2n) is 3.88. The predicted octanol–water partition coefficient (Wildman–Crippen LogP) is 1.41. The lowest BCUT2D eigenvalue weighted by Gasteiger charge is -2.04. The molecule has 0 atom stereocenters. The number of non-ortho nitro benzene ring substituents is 1. The number of carbonyl (C=O) groups is 1. The van der Waals surface area contributed by atoms with E-state index in [2.05, 4.69) is 15.3 Å². The molecule has 21 heavy (non-hydrogen) atoms. The monoisotopic (exact) mass is 306 g/mol. The van der Waals surface area contributed by atoms with Gasteiger partial charge in [0.15, 0.2) is 5.16 Å². The van der Waals surface area contributed by atoms with Crippen molar-refractivity contribution < 1.29 is 9.72 Å². The van der Waals surface area contributed by atoms with E-state index in [0.717, 1.165) is 11.8 Å². The van der Waals surface area contributed by atoms with Gasteiger partial charge < -0.3 is 10.3 Å². The van der Waals surface area contributed by atoms with Crippen molar-refractivity contribution in [1.29, 1.82) is 0 Å². The third-order valence-electron chi connectivity index (χ3n) is 2.35. The third kappa shape index (κ3) is 4.42. The highest BCUT2D eigenvalue weighted by Gasteiger charge is 2.07. The quantitative estimate of drug-likeness (QED) is 0.373. The number of thioether (sulfide) groups is 1. The average molecular weight is 306 g/mol. The van der Waals surface area contributed by atoms with E-state index >= 15 is 0 Å². The first-order valence-electron chi connectivity index (χ1n) is 5.77. The number of H-pyrrole nitrogens is 1. The van der Waals surface area contributed by atoms with Crippen molar-refractivity contribution in [1.82, 2.24) is 9.97 Å². The van der Waals surface area contributed by atoms with Crippen molar-refractivity contribution in [3.8, 4) is 0 Å². The van der Waals surface area contributed by atoms with E-state index in [1.807, 2.05) is 0 Å². The molecule has 0 aliphatic carbocycles. The molecule has 0 saturated heterocycles. The van der Waals surface area contributed by atoms with Crippen LogP contribution >= 0.6 is 11.8 Å². The maximum absolute atomic E-state index is 11.7. The zero-order valence-electron chi connectivity index (χ0n) is 10.6. The summed E-state index contributed by atoms with van der Waals surface area (Å²) in [5, 5.41) is 13.4. The van der Waals surface area contributed by atoms with Crippen LogP contribution in [-0.4, -0.2) is 26.6 Å². The molecule has 8 nitrogen and oxygen atoms in total. The molecule has 1 heterocycles. The fourth-order valence-electron chi connectivity index (χ4n) is 1.42. The highest BCUT2D eigenvalue weighted by Crippen LogP contribution is 2.16. The summed E-state index contributed by atoms with van der Waals surface area (Å²) in [4.78, 5) is 39.1. The number of aromatic nitrogens is 2. The fraction of sp³-hybridized carbons (Fsp3) is 0.0833. The van der Waals surface area contributed by atoms with Gasteiger partial charge >= 0.3 is 0 Å². The van der Waals surface area contributed by atoms with E-state index in [0.29, 0.717) is 10.8 Å². The van der Waals surface area contributed by atoms with Crippen LogP contribution in [0.5, 0.6) is 0 Å². The molecule has 0 fully saturated rings. The van der Waals surface area contributed by atoms with Crippen LogP contribution in [-0.2, 0) is 4.79 Å². The minimum Gasteiger partial charge on any atom is -0.325 e. The Labute approximate surface area is 122 Å². The van der Waals surface area contributed by atoms with Gasteiger partial charge in [0.25, 0.3) is 11.2 Å². The zero-order valence-corrected chi connectivity index (χ0v) is 11.4. The molecule has 0 spiro atoms. The molecule has 9 heteroatoms. The Kier molecular flexibility index (Phi) is 4.67. The zero-order chi connectivity index (χ0) is 15.2. The molecule has 1 aromatic carbocycles. The molecule has 0 radical (unpaired) electrons. The maximum Gasteiger partial charge on any atom is 0.269 e. The Bertz CT molecular complexity index is 714. The second-order valence-corrected chi connectivity index (χ2v) is 4.84. The Balaban J connectivity index is 1.89. The lowest BCUT2D eigenvalue weighted by molar-refractivity contribution is -0.384. The number of benzene rings is 1. The van der Waals surface area contributed by atoms with E-state index < -0.39 is 4.92 Å². The number of nitro benzene ring substituents is 1. The minimum atomic E-state index is -0.515. The minimum absolute atomic E-state index is 0.0477. The summed E-state index contributed by atoms with van der Waals surface area (Å²) >= 11 is 1.08. The standard InChI is InChI=1S/C12H10N4O4S/c17-10-5-6-13-12(15-10)21-7-11(18)14-8-1-3-9(4-2-8)16(19)20/h1-6H,7H2,(H,14,18)(H,13,15,17). The molecule has 1 amide bonds. The fourth-order valence-corrected chi connectivity index (χ4v) is 2.07. The number of hydrogen-bond acceptors (Lipinski definition) is 6. The second kappa shape index (κ2) is 6.66. The first-order valence-corrected chi connectivity index (χ1v) is 6.75. The maximum atomic E-state index is 11.7. The molecule has 0 saturated carbocycles. The topological polar surface area (TPSA) is 118 Å². The summed E-state index contributed by atoms with van der Waals surface area (Å²) in [5.41, 5.74) is 0.123. The molecule has 2 rings (SSSR count). The van der Waals surface area contributed by atoms with Crippen molar-refractivity contribution in [2.75, 3.05) is 11.1 Å². The van der Waals surface area contributed by atoms with Crippen LogP contribution in [0.1, 0.15) is 0 Å². The van der Waals surface area contributed by atoms with Gasteiger partial charge in [-0.05, 0) is 12.1 Å². The Hall–Kier alpha value is -2.68. The SMILES string of the molecule is O=C(CSc1nccc(=O)[nH]1)Nc1ccc([N+](=O)[O-])cc1. The van der Waals surface area contributed by atoms with Gasteiger partial charge in [-0.25, -0.2) is 4.98 Å². The van der Waals surface area contributed by atoms with Gasteiger partial charge in [0.05, 0.1) is 10.7 Å². The Morgan fingerprint density at radius 1 is 1.33 bits per heavy atom. The average Bonchev–Trinajstić information content (AvgIpc) is 2.46. The van der Waals surface area contributed by atoms with Gasteiger partial charge in [-0.3, -0.25) is 19.7 Å². The van der Waals surface area contributed by atoms with E-state index in [1.54, 1.807) is 0 Å². The van der Waals surface area contributed by atoms with Gasteiger partial charge in [0.1, 0.15) is 0 Å². The number of amides is 1. The summed E-state index contributed by atoms with van der Waals surface area (Å²) < 4.78 is 0. The molecule has 2 aromatic rings. The first kappa shape index (κ1) is 14.7. The highest BCUT2D eigenvalue weighted by atomic mass is 32.2. The largest absolute Gasteiger partial charge is 0.325 e. The number of nitro groups is 1. The van der Waals surface area contributed by atoms with E-state index in [9.17, 15) is 19.7 Å². The predicted molar refractivity (Wildman–Crippen MR) is 77.3 cm³/mol. The lowest BCUT2D eigenvalue weighted by atomic mass is 10.3. The highest BCUT2D eigenvalue weighted by molar-refractivity contribution is 7.99. The molecule has 1 aromatic heterocycles. The lowest BCUT2D eigenvalue weighted by Crippen LogP contribution is -2.15. The molecular formula is C12H10N4O4S. The van der Waals surface area contributed by atoms with E-state index in [-0.39, 0.29) is 22.9 Å². The van der Waals surface area contributed by atoms with Crippen LogP contribution in [0.15, 0.2) is 46.5 Å². The van der Waals surface area contributed by atoms with Crippen molar-refractivity contribution in [3.05, 3.63) is 57.0 Å². The molecule has 0 aliphatic heterocycles. The van der Waals surface area contributed by atoms with Crippen LogP contribution < -0.4 is 10.9 Å².